The van der Waals surface area contributed by atoms with Crippen LogP contribution in [0.5, 0.6) is 0 Å². The Morgan fingerprint density at radius 2 is 1.59 bits per heavy atom. The fourth-order valence-electron chi connectivity index (χ4n) is 3.71. The smallest absolute Gasteiger partial charge is 0.251 e. The van der Waals surface area contributed by atoms with Gasteiger partial charge in [-0.3, -0.25) is 4.79 Å². The Hall–Kier alpha value is -1.35. The lowest BCUT2D eigenvalue weighted by Gasteiger charge is -2.46. The number of carbonyl (C=O) groups is 1. The van der Waals surface area contributed by atoms with Gasteiger partial charge in [-0.15, -0.1) is 0 Å². The zero-order chi connectivity index (χ0) is 16.5. The molecule has 1 aliphatic heterocycles. The van der Waals surface area contributed by atoms with E-state index < -0.39 is 0 Å². The molecule has 1 heterocycles. The van der Waals surface area contributed by atoms with Crippen LogP contribution in [0.2, 0.25) is 0 Å². The highest BCUT2D eigenvalue weighted by molar-refractivity contribution is 5.94. The van der Waals surface area contributed by atoms with Gasteiger partial charge in [0.2, 0.25) is 0 Å². The van der Waals surface area contributed by atoms with Crippen LogP contribution in [0.1, 0.15) is 76.2 Å². The van der Waals surface area contributed by atoms with Gasteiger partial charge in [-0.2, -0.15) is 0 Å². The van der Waals surface area contributed by atoms with Crippen LogP contribution in [0.15, 0.2) is 24.3 Å². The van der Waals surface area contributed by atoms with E-state index in [1.807, 2.05) is 12.1 Å². The number of piperidine rings is 1. The molecule has 1 aromatic carbocycles. The lowest BCUT2D eigenvalue weighted by molar-refractivity contribution is 0.0873. The molecule has 1 fully saturated rings. The second kappa shape index (κ2) is 6.04. The van der Waals surface area contributed by atoms with Gasteiger partial charge in [0.25, 0.3) is 5.91 Å². The summed E-state index contributed by atoms with van der Waals surface area (Å²) >= 11 is 0. The first kappa shape index (κ1) is 17.0. The summed E-state index contributed by atoms with van der Waals surface area (Å²) in [5.74, 6) is 0.525. The second-order valence-corrected chi connectivity index (χ2v) is 8.25. The number of hydrogen-bond donors (Lipinski definition) is 2. The number of amides is 1. The minimum absolute atomic E-state index is 0.0359. The number of carbonyl (C=O) groups excluding carboxylic acids is 1. The molecule has 0 bridgehead atoms. The summed E-state index contributed by atoms with van der Waals surface area (Å²) in [5.41, 5.74) is 2.10. The molecule has 1 aromatic rings. The number of nitrogens with one attached hydrogen (secondary N) is 2. The Kier molecular flexibility index (Phi) is 4.67. The molecule has 0 unspecified atom stereocenters. The monoisotopic (exact) mass is 302 g/mol. The first-order valence-corrected chi connectivity index (χ1v) is 8.28. The van der Waals surface area contributed by atoms with Gasteiger partial charge in [0.1, 0.15) is 0 Å². The lowest BCUT2D eigenvalue weighted by atomic mass is 9.79. The molecule has 1 aliphatic rings. The van der Waals surface area contributed by atoms with Gasteiger partial charge in [-0.1, -0.05) is 26.0 Å². The molecule has 0 atom stereocenters. The number of benzene rings is 1. The van der Waals surface area contributed by atoms with Crippen LogP contribution >= 0.6 is 0 Å². The molecule has 0 aliphatic carbocycles. The van der Waals surface area contributed by atoms with Crippen molar-refractivity contribution in [1.29, 1.82) is 0 Å². The predicted octanol–water partition coefficient (Wildman–Crippen LogP) is 3.85. The molecule has 1 amide bonds. The van der Waals surface area contributed by atoms with E-state index in [1.54, 1.807) is 0 Å². The second-order valence-electron chi connectivity index (χ2n) is 8.25. The lowest BCUT2D eigenvalue weighted by Crippen LogP contribution is -2.62. The summed E-state index contributed by atoms with van der Waals surface area (Å²) in [6, 6.07) is 8.18. The minimum atomic E-state index is 0.0359. The maximum Gasteiger partial charge on any atom is 0.251 e. The summed E-state index contributed by atoms with van der Waals surface area (Å²) < 4.78 is 0. The van der Waals surface area contributed by atoms with Crippen molar-refractivity contribution in [3.05, 3.63) is 35.4 Å². The summed E-state index contributed by atoms with van der Waals surface area (Å²) in [7, 11) is 0. The van der Waals surface area contributed by atoms with E-state index in [4.69, 9.17) is 0 Å². The van der Waals surface area contributed by atoms with Gasteiger partial charge in [0.05, 0.1) is 0 Å². The zero-order valence-corrected chi connectivity index (χ0v) is 14.8. The molecular formula is C19H30N2O. The molecule has 122 valence electrons. The largest absolute Gasteiger partial charge is 0.349 e. The molecule has 3 heteroatoms. The van der Waals surface area contributed by atoms with Crippen LogP contribution in [0.3, 0.4) is 0 Å². The maximum atomic E-state index is 12.5. The molecule has 0 aromatic heterocycles. The standard InChI is InChI=1S/C19H30N2O/c1-13(2)14-7-9-15(10-8-14)17(22)20-16-11-18(3,4)21-19(5,6)12-16/h7-10,13,16,21H,11-12H2,1-6H3,(H,20,22). The van der Waals surface area contributed by atoms with Crippen LogP contribution in [0.4, 0.5) is 0 Å². The molecular weight excluding hydrogens is 272 g/mol. The molecule has 3 nitrogen and oxygen atoms in total. The molecule has 0 spiro atoms. The molecule has 1 saturated heterocycles. The van der Waals surface area contributed by atoms with Crippen molar-refractivity contribution in [2.45, 2.75) is 77.4 Å². The number of hydrogen-bond acceptors (Lipinski definition) is 2. The van der Waals surface area contributed by atoms with Gasteiger partial charge in [0.15, 0.2) is 0 Å². The van der Waals surface area contributed by atoms with Crippen molar-refractivity contribution in [2.24, 2.45) is 0 Å². The van der Waals surface area contributed by atoms with Crippen LogP contribution in [-0.4, -0.2) is 23.0 Å². The molecule has 0 radical (unpaired) electrons. The fraction of sp³-hybridized carbons (Fsp3) is 0.632. The van der Waals surface area contributed by atoms with Gasteiger partial charge in [-0.25, -0.2) is 0 Å². The van der Waals surface area contributed by atoms with Crippen LogP contribution in [0.25, 0.3) is 0 Å². The quantitative estimate of drug-likeness (QED) is 0.890. The predicted molar refractivity (Wildman–Crippen MR) is 92.3 cm³/mol. The zero-order valence-electron chi connectivity index (χ0n) is 14.8. The van der Waals surface area contributed by atoms with Crippen LogP contribution in [-0.2, 0) is 0 Å². The van der Waals surface area contributed by atoms with Crippen LogP contribution in [0, 0.1) is 0 Å². The van der Waals surface area contributed by atoms with Crippen molar-refractivity contribution in [3.63, 3.8) is 0 Å². The fourth-order valence-corrected chi connectivity index (χ4v) is 3.71. The van der Waals surface area contributed by atoms with Crippen molar-refractivity contribution in [3.8, 4) is 0 Å². The normalized spacial score (nSPS) is 20.9. The summed E-state index contributed by atoms with van der Waals surface area (Å²) in [6.07, 6.45) is 1.90. The minimum Gasteiger partial charge on any atom is -0.349 e. The van der Waals surface area contributed by atoms with Gasteiger partial charge < -0.3 is 10.6 Å². The first-order valence-electron chi connectivity index (χ1n) is 8.28. The van der Waals surface area contributed by atoms with Gasteiger partial charge in [0, 0.05) is 22.7 Å². The average molecular weight is 302 g/mol. The highest BCUT2D eigenvalue weighted by Gasteiger charge is 2.38. The highest BCUT2D eigenvalue weighted by atomic mass is 16.1. The Balaban J connectivity index is 2.05. The molecule has 0 saturated carbocycles. The van der Waals surface area contributed by atoms with Crippen molar-refractivity contribution >= 4 is 5.91 Å². The van der Waals surface area contributed by atoms with E-state index in [0.717, 1.165) is 18.4 Å². The van der Waals surface area contributed by atoms with E-state index in [9.17, 15) is 4.79 Å². The maximum absolute atomic E-state index is 12.5. The summed E-state index contributed by atoms with van der Waals surface area (Å²) in [4.78, 5) is 12.5. The topological polar surface area (TPSA) is 41.1 Å². The Labute approximate surface area is 134 Å². The SMILES string of the molecule is CC(C)c1ccc(C(=O)NC2CC(C)(C)NC(C)(C)C2)cc1. The van der Waals surface area contributed by atoms with E-state index in [2.05, 4.69) is 64.3 Å². The molecule has 2 N–H and O–H groups in total. The van der Waals surface area contributed by atoms with E-state index in [0.29, 0.717) is 5.92 Å². The number of rotatable bonds is 3. The van der Waals surface area contributed by atoms with Crippen molar-refractivity contribution in [1.82, 2.24) is 10.6 Å². The first-order chi connectivity index (χ1) is 10.1. The third-order valence-corrected chi connectivity index (χ3v) is 4.36. The average Bonchev–Trinajstić information content (AvgIpc) is 2.34. The van der Waals surface area contributed by atoms with Crippen molar-refractivity contribution < 1.29 is 4.79 Å². The van der Waals surface area contributed by atoms with E-state index in [1.165, 1.54) is 5.56 Å². The highest BCUT2D eigenvalue weighted by Crippen LogP contribution is 2.28. The third kappa shape index (κ3) is 4.33. The van der Waals surface area contributed by atoms with Gasteiger partial charge >= 0.3 is 0 Å². The molecule has 22 heavy (non-hydrogen) atoms. The summed E-state index contributed by atoms with van der Waals surface area (Å²) in [5, 5.41) is 6.86. The van der Waals surface area contributed by atoms with Crippen molar-refractivity contribution in [2.75, 3.05) is 0 Å². The van der Waals surface area contributed by atoms with E-state index in [-0.39, 0.29) is 23.0 Å². The van der Waals surface area contributed by atoms with E-state index >= 15 is 0 Å². The summed E-state index contributed by atoms with van der Waals surface area (Å²) in [6.45, 7) is 13.1. The molecule has 2 rings (SSSR count). The Morgan fingerprint density at radius 3 is 2.05 bits per heavy atom. The third-order valence-electron chi connectivity index (χ3n) is 4.36. The Morgan fingerprint density at radius 1 is 1.09 bits per heavy atom. The van der Waals surface area contributed by atoms with Crippen LogP contribution < -0.4 is 10.6 Å². The Bertz CT molecular complexity index is 513. The van der Waals surface area contributed by atoms with Gasteiger partial charge in [-0.05, 0) is 64.2 Å².